The second-order valence-electron chi connectivity index (χ2n) is 6.08. The predicted molar refractivity (Wildman–Crippen MR) is 106 cm³/mol. The number of benzene rings is 2. The number of aromatic nitrogens is 2. The molecule has 0 aliphatic heterocycles. The smallest absolute Gasteiger partial charge is 0.248 e. The van der Waals surface area contributed by atoms with Gasteiger partial charge in [0, 0.05) is 28.8 Å². The van der Waals surface area contributed by atoms with Gasteiger partial charge in [-0.25, -0.2) is 0 Å². The quantitative estimate of drug-likeness (QED) is 0.678. The maximum atomic E-state index is 12.3. The van der Waals surface area contributed by atoms with Crippen molar-refractivity contribution in [3.05, 3.63) is 77.6 Å². The molecule has 0 aliphatic rings. The number of halogens is 1. The number of hydrogen-bond donors (Lipinski definition) is 2. The van der Waals surface area contributed by atoms with Crippen LogP contribution in [-0.4, -0.2) is 21.6 Å². The lowest BCUT2D eigenvalue weighted by Crippen LogP contribution is -2.24. The van der Waals surface area contributed by atoms with Crippen LogP contribution in [0.15, 0.2) is 67.0 Å². The highest BCUT2D eigenvalue weighted by Gasteiger charge is 2.15. The minimum absolute atomic E-state index is 0.147. The molecular weight excluding hydrogens is 364 g/mol. The molecule has 0 aliphatic carbocycles. The molecule has 1 heterocycles. The topological polar surface area (TPSA) is 76.0 Å². The highest BCUT2D eigenvalue weighted by molar-refractivity contribution is 6.30. The van der Waals surface area contributed by atoms with E-state index in [0.717, 1.165) is 5.56 Å². The number of carbonyl (C=O) groups is 2. The molecule has 2 N–H and O–H groups in total. The highest BCUT2D eigenvalue weighted by Crippen LogP contribution is 2.17. The molecule has 6 nitrogen and oxygen atoms in total. The van der Waals surface area contributed by atoms with E-state index in [1.54, 1.807) is 66.5 Å². The number of rotatable bonds is 6. The van der Waals surface area contributed by atoms with Crippen LogP contribution in [0.1, 0.15) is 18.5 Å². The van der Waals surface area contributed by atoms with Crippen LogP contribution in [0.2, 0.25) is 5.02 Å². The van der Waals surface area contributed by atoms with Crippen molar-refractivity contribution in [1.82, 2.24) is 9.78 Å². The fourth-order valence-electron chi connectivity index (χ4n) is 2.54. The van der Waals surface area contributed by atoms with Gasteiger partial charge in [0.2, 0.25) is 11.8 Å². The summed E-state index contributed by atoms with van der Waals surface area (Å²) in [6, 6.07) is 15.5. The van der Waals surface area contributed by atoms with Crippen LogP contribution in [0.3, 0.4) is 0 Å². The van der Waals surface area contributed by atoms with Crippen molar-refractivity contribution in [2.45, 2.75) is 19.4 Å². The second kappa shape index (κ2) is 8.51. The van der Waals surface area contributed by atoms with Gasteiger partial charge >= 0.3 is 0 Å². The molecule has 1 atom stereocenters. The number of anilines is 2. The van der Waals surface area contributed by atoms with Gasteiger partial charge in [-0.05, 0) is 48.9 Å². The third kappa shape index (κ3) is 5.18. The summed E-state index contributed by atoms with van der Waals surface area (Å²) < 4.78 is 1.58. The van der Waals surface area contributed by atoms with E-state index in [2.05, 4.69) is 15.7 Å². The molecule has 0 fully saturated rings. The molecule has 1 unspecified atom stereocenters. The average Bonchev–Trinajstić information content (AvgIpc) is 3.18. The molecule has 7 heteroatoms. The van der Waals surface area contributed by atoms with E-state index in [9.17, 15) is 9.59 Å². The Labute approximate surface area is 162 Å². The van der Waals surface area contributed by atoms with Crippen molar-refractivity contribution >= 4 is 34.8 Å². The summed E-state index contributed by atoms with van der Waals surface area (Å²) >= 11 is 5.85. The molecule has 2 amide bonds. The van der Waals surface area contributed by atoms with E-state index in [1.165, 1.54) is 0 Å². The van der Waals surface area contributed by atoms with Crippen molar-refractivity contribution in [2.24, 2.45) is 0 Å². The van der Waals surface area contributed by atoms with Crippen LogP contribution in [0, 0.1) is 0 Å². The van der Waals surface area contributed by atoms with Crippen molar-refractivity contribution in [2.75, 3.05) is 10.6 Å². The minimum Gasteiger partial charge on any atom is -0.326 e. The van der Waals surface area contributed by atoms with Gasteiger partial charge < -0.3 is 10.6 Å². The Morgan fingerprint density at radius 3 is 2.44 bits per heavy atom. The molecule has 0 radical (unpaired) electrons. The first-order chi connectivity index (χ1) is 13.0. The molecule has 2 aromatic carbocycles. The fraction of sp³-hybridized carbons (Fsp3) is 0.150. The van der Waals surface area contributed by atoms with Gasteiger partial charge in [0.1, 0.15) is 6.04 Å². The van der Waals surface area contributed by atoms with Crippen molar-refractivity contribution in [3.8, 4) is 0 Å². The zero-order valence-corrected chi connectivity index (χ0v) is 15.5. The van der Waals surface area contributed by atoms with E-state index in [-0.39, 0.29) is 18.2 Å². The van der Waals surface area contributed by atoms with Gasteiger partial charge in [-0.15, -0.1) is 0 Å². The lowest BCUT2D eigenvalue weighted by molar-refractivity contribution is -0.119. The Bertz CT molecular complexity index is 923. The summed E-state index contributed by atoms with van der Waals surface area (Å²) in [6.45, 7) is 1.76. The van der Waals surface area contributed by atoms with Gasteiger partial charge in [-0.2, -0.15) is 5.10 Å². The molecule has 0 saturated heterocycles. The van der Waals surface area contributed by atoms with E-state index in [1.807, 2.05) is 12.1 Å². The predicted octanol–water partition coefficient (Wildman–Crippen LogP) is 3.92. The SMILES string of the molecule is CC(C(=O)Nc1cccc(NC(=O)Cc2ccc(Cl)cc2)c1)n1cccn1. The molecular formula is C20H19ClN4O2. The normalized spacial score (nSPS) is 11.6. The molecule has 1 aromatic heterocycles. The Kier molecular flexibility index (Phi) is 5.88. The van der Waals surface area contributed by atoms with Gasteiger partial charge in [0.15, 0.2) is 0 Å². The largest absolute Gasteiger partial charge is 0.326 e. The first kappa shape index (κ1) is 18.7. The van der Waals surface area contributed by atoms with E-state index in [0.29, 0.717) is 16.4 Å². The monoisotopic (exact) mass is 382 g/mol. The molecule has 0 bridgehead atoms. The van der Waals surface area contributed by atoms with Crippen molar-refractivity contribution < 1.29 is 9.59 Å². The van der Waals surface area contributed by atoms with Crippen LogP contribution in [-0.2, 0) is 16.0 Å². The standard InChI is InChI=1S/C20H19ClN4O2/c1-14(25-11-3-10-22-25)20(27)24-18-5-2-4-17(13-18)23-19(26)12-15-6-8-16(21)9-7-15/h2-11,13-14H,12H2,1H3,(H,23,26)(H,24,27). The van der Waals surface area contributed by atoms with Gasteiger partial charge in [-0.3, -0.25) is 14.3 Å². The van der Waals surface area contributed by atoms with E-state index < -0.39 is 6.04 Å². The lowest BCUT2D eigenvalue weighted by Gasteiger charge is -2.13. The Balaban J connectivity index is 1.60. The summed E-state index contributed by atoms with van der Waals surface area (Å²) in [5, 5.41) is 10.4. The zero-order valence-electron chi connectivity index (χ0n) is 14.7. The summed E-state index contributed by atoms with van der Waals surface area (Å²) in [4.78, 5) is 24.6. The third-order valence-electron chi connectivity index (χ3n) is 3.99. The zero-order chi connectivity index (χ0) is 19.2. The summed E-state index contributed by atoms with van der Waals surface area (Å²) in [7, 11) is 0. The maximum Gasteiger partial charge on any atom is 0.248 e. The summed E-state index contributed by atoms with van der Waals surface area (Å²) in [6.07, 6.45) is 3.60. The van der Waals surface area contributed by atoms with Crippen LogP contribution in [0.25, 0.3) is 0 Å². The van der Waals surface area contributed by atoms with Gasteiger partial charge in [0.25, 0.3) is 0 Å². The van der Waals surface area contributed by atoms with Crippen LogP contribution in [0.4, 0.5) is 11.4 Å². The Morgan fingerprint density at radius 1 is 1.07 bits per heavy atom. The molecule has 3 rings (SSSR count). The first-order valence-corrected chi connectivity index (χ1v) is 8.83. The fourth-order valence-corrected chi connectivity index (χ4v) is 2.67. The molecule has 3 aromatic rings. The molecule has 27 heavy (non-hydrogen) atoms. The van der Waals surface area contributed by atoms with Gasteiger partial charge in [0.05, 0.1) is 6.42 Å². The Morgan fingerprint density at radius 2 is 1.78 bits per heavy atom. The maximum absolute atomic E-state index is 12.3. The number of carbonyl (C=O) groups excluding carboxylic acids is 2. The molecule has 138 valence electrons. The second-order valence-corrected chi connectivity index (χ2v) is 6.52. The molecule has 0 saturated carbocycles. The van der Waals surface area contributed by atoms with Crippen molar-refractivity contribution in [3.63, 3.8) is 0 Å². The number of amides is 2. The number of nitrogens with one attached hydrogen (secondary N) is 2. The number of nitrogens with zero attached hydrogens (tertiary/aromatic N) is 2. The minimum atomic E-state index is -0.442. The van der Waals surface area contributed by atoms with Crippen LogP contribution in [0.5, 0.6) is 0 Å². The summed E-state index contributed by atoms with van der Waals surface area (Å²) in [5.74, 6) is -0.339. The highest BCUT2D eigenvalue weighted by atomic mass is 35.5. The summed E-state index contributed by atoms with van der Waals surface area (Å²) in [5.41, 5.74) is 2.08. The van der Waals surface area contributed by atoms with Crippen molar-refractivity contribution in [1.29, 1.82) is 0 Å². The van der Waals surface area contributed by atoms with Crippen LogP contribution < -0.4 is 10.6 Å². The van der Waals surface area contributed by atoms with Crippen LogP contribution >= 0.6 is 11.6 Å². The lowest BCUT2D eigenvalue weighted by atomic mass is 10.1. The Hall–Kier alpha value is -3.12. The van der Waals surface area contributed by atoms with E-state index >= 15 is 0 Å². The third-order valence-corrected chi connectivity index (χ3v) is 4.24. The first-order valence-electron chi connectivity index (χ1n) is 8.45. The van der Waals surface area contributed by atoms with E-state index in [4.69, 9.17) is 11.6 Å². The number of hydrogen-bond acceptors (Lipinski definition) is 3. The van der Waals surface area contributed by atoms with Gasteiger partial charge in [-0.1, -0.05) is 29.8 Å². The molecule has 0 spiro atoms. The average molecular weight is 383 g/mol.